The van der Waals surface area contributed by atoms with Gasteiger partial charge in [-0.25, -0.2) is 0 Å². The van der Waals surface area contributed by atoms with Gasteiger partial charge in [-0.2, -0.15) is 0 Å². The van der Waals surface area contributed by atoms with Crippen molar-refractivity contribution in [2.45, 2.75) is 19.4 Å². The number of nitrogen functional groups attached to an aromatic ring is 1. The molecule has 0 bridgehead atoms. The number of pyridine rings is 1. The first-order valence-electron chi connectivity index (χ1n) is 6.80. The van der Waals surface area contributed by atoms with Crippen LogP contribution < -0.4 is 16.0 Å². The number of carbonyl (C=O) groups excluding carboxylic acids is 1. The van der Waals surface area contributed by atoms with Gasteiger partial charge in [0.15, 0.2) is 0 Å². The van der Waals surface area contributed by atoms with Crippen LogP contribution in [0.25, 0.3) is 10.9 Å². The molecule has 1 fully saturated rings. The van der Waals surface area contributed by atoms with E-state index in [1.165, 1.54) is 0 Å². The van der Waals surface area contributed by atoms with Gasteiger partial charge in [0.25, 0.3) is 0 Å². The van der Waals surface area contributed by atoms with E-state index in [0.717, 1.165) is 36.1 Å². The van der Waals surface area contributed by atoms with Crippen LogP contribution in [0.2, 0.25) is 0 Å². The number of hydrogen-bond acceptors (Lipinski definition) is 4. The van der Waals surface area contributed by atoms with Gasteiger partial charge < -0.3 is 16.0 Å². The molecule has 20 heavy (non-hydrogen) atoms. The van der Waals surface area contributed by atoms with Crippen molar-refractivity contribution >= 4 is 28.2 Å². The molecule has 0 saturated carbocycles. The van der Waals surface area contributed by atoms with Gasteiger partial charge >= 0.3 is 0 Å². The minimum absolute atomic E-state index is 0.0180. The number of nitrogens with two attached hydrogens (primary N) is 1. The lowest BCUT2D eigenvalue weighted by Crippen LogP contribution is -2.35. The molecular weight excluding hydrogens is 252 g/mol. The maximum absolute atomic E-state index is 11.2. The van der Waals surface area contributed by atoms with Crippen molar-refractivity contribution in [3.05, 3.63) is 30.5 Å². The molecule has 1 aromatic heterocycles. The maximum Gasteiger partial charge on any atom is 0.217 e. The Balaban J connectivity index is 1.95. The number of para-hydroxylation sites is 1. The molecule has 0 radical (unpaired) electrons. The summed E-state index contributed by atoms with van der Waals surface area (Å²) in [4.78, 5) is 17.8. The zero-order valence-electron chi connectivity index (χ0n) is 11.5. The average Bonchev–Trinajstić information content (AvgIpc) is 2.85. The van der Waals surface area contributed by atoms with E-state index in [4.69, 9.17) is 5.73 Å². The minimum Gasteiger partial charge on any atom is -0.396 e. The summed E-state index contributed by atoms with van der Waals surface area (Å²) in [7, 11) is 0. The van der Waals surface area contributed by atoms with Gasteiger partial charge in [0.1, 0.15) is 0 Å². The summed E-state index contributed by atoms with van der Waals surface area (Å²) in [6.45, 7) is 3.24. The molecule has 2 aromatic rings. The molecule has 1 unspecified atom stereocenters. The molecule has 0 aliphatic carbocycles. The van der Waals surface area contributed by atoms with Gasteiger partial charge in [-0.3, -0.25) is 9.78 Å². The zero-order chi connectivity index (χ0) is 14.1. The molecule has 3 N–H and O–H groups in total. The van der Waals surface area contributed by atoms with Crippen LogP contribution in [0.3, 0.4) is 0 Å². The van der Waals surface area contributed by atoms with E-state index in [1.807, 2.05) is 24.3 Å². The molecule has 1 saturated heterocycles. The Morgan fingerprint density at radius 2 is 2.25 bits per heavy atom. The van der Waals surface area contributed by atoms with Crippen LogP contribution >= 0.6 is 0 Å². The summed E-state index contributed by atoms with van der Waals surface area (Å²) in [5, 5.41) is 4.04. The highest BCUT2D eigenvalue weighted by atomic mass is 16.1. The predicted octanol–water partition coefficient (Wildman–Crippen LogP) is 1.53. The van der Waals surface area contributed by atoms with Gasteiger partial charge in [-0.05, 0) is 12.5 Å². The second-order valence-corrected chi connectivity index (χ2v) is 5.21. The lowest BCUT2D eigenvalue weighted by atomic mass is 10.1. The van der Waals surface area contributed by atoms with Gasteiger partial charge in [-0.15, -0.1) is 0 Å². The fourth-order valence-electron chi connectivity index (χ4n) is 2.86. The fourth-order valence-corrected chi connectivity index (χ4v) is 2.86. The van der Waals surface area contributed by atoms with Crippen molar-refractivity contribution in [3.63, 3.8) is 0 Å². The quantitative estimate of drug-likeness (QED) is 0.868. The Labute approximate surface area is 117 Å². The van der Waals surface area contributed by atoms with Gasteiger partial charge in [0.2, 0.25) is 5.91 Å². The number of fused-ring (bicyclic) bond motifs is 1. The number of carbonyl (C=O) groups is 1. The number of anilines is 2. The topological polar surface area (TPSA) is 71.2 Å². The summed E-state index contributed by atoms with van der Waals surface area (Å²) < 4.78 is 0. The third-order valence-corrected chi connectivity index (χ3v) is 3.69. The van der Waals surface area contributed by atoms with Crippen molar-refractivity contribution in [1.82, 2.24) is 10.3 Å². The maximum atomic E-state index is 11.2. The van der Waals surface area contributed by atoms with Crippen molar-refractivity contribution in [1.29, 1.82) is 0 Å². The number of amides is 1. The highest BCUT2D eigenvalue weighted by Crippen LogP contribution is 2.33. The number of nitrogens with zero attached hydrogens (tertiary/aromatic N) is 2. The van der Waals surface area contributed by atoms with Crippen molar-refractivity contribution in [3.8, 4) is 0 Å². The summed E-state index contributed by atoms with van der Waals surface area (Å²) in [6, 6.07) is 8.19. The Morgan fingerprint density at radius 3 is 3.05 bits per heavy atom. The van der Waals surface area contributed by atoms with Crippen LogP contribution in [0.1, 0.15) is 13.3 Å². The number of hydrogen-bond donors (Lipinski definition) is 2. The third-order valence-electron chi connectivity index (χ3n) is 3.69. The predicted molar refractivity (Wildman–Crippen MR) is 80.6 cm³/mol. The number of aromatic nitrogens is 1. The molecule has 0 spiro atoms. The largest absolute Gasteiger partial charge is 0.396 e. The van der Waals surface area contributed by atoms with Crippen LogP contribution in [0.15, 0.2) is 30.5 Å². The molecule has 3 rings (SSSR count). The second-order valence-electron chi connectivity index (χ2n) is 5.21. The molecule has 1 atom stereocenters. The molecule has 1 aliphatic rings. The van der Waals surface area contributed by atoms with E-state index in [2.05, 4.69) is 15.2 Å². The number of rotatable bonds is 2. The molecule has 1 aliphatic heterocycles. The van der Waals surface area contributed by atoms with Gasteiger partial charge in [-0.1, -0.05) is 18.2 Å². The minimum atomic E-state index is 0.0180. The first kappa shape index (κ1) is 12.7. The highest BCUT2D eigenvalue weighted by molar-refractivity contribution is 5.97. The highest BCUT2D eigenvalue weighted by Gasteiger charge is 2.25. The van der Waals surface area contributed by atoms with E-state index < -0.39 is 0 Å². The van der Waals surface area contributed by atoms with Crippen LogP contribution in [0.4, 0.5) is 11.4 Å². The van der Waals surface area contributed by atoms with E-state index >= 15 is 0 Å². The smallest absolute Gasteiger partial charge is 0.217 e. The van der Waals surface area contributed by atoms with Crippen LogP contribution in [-0.4, -0.2) is 30.0 Å². The Kier molecular flexibility index (Phi) is 3.18. The van der Waals surface area contributed by atoms with E-state index in [1.54, 1.807) is 13.1 Å². The molecule has 1 amide bonds. The monoisotopic (exact) mass is 270 g/mol. The SMILES string of the molecule is CC(=O)NC1CCN(c2c(N)cnc3ccccc23)C1. The Hall–Kier alpha value is -2.30. The van der Waals surface area contributed by atoms with E-state index in [9.17, 15) is 4.79 Å². The van der Waals surface area contributed by atoms with Crippen molar-refractivity contribution in [2.75, 3.05) is 23.7 Å². The van der Waals surface area contributed by atoms with Crippen molar-refractivity contribution in [2.24, 2.45) is 0 Å². The van der Waals surface area contributed by atoms with Crippen molar-refractivity contribution < 1.29 is 4.79 Å². The lowest BCUT2D eigenvalue weighted by Gasteiger charge is -2.22. The molecular formula is C15H18N4O. The molecule has 5 nitrogen and oxygen atoms in total. The van der Waals surface area contributed by atoms with Gasteiger partial charge in [0.05, 0.1) is 23.1 Å². The average molecular weight is 270 g/mol. The molecule has 1 aromatic carbocycles. The zero-order valence-corrected chi connectivity index (χ0v) is 11.5. The summed E-state index contributed by atoms with van der Waals surface area (Å²) >= 11 is 0. The summed E-state index contributed by atoms with van der Waals surface area (Å²) in [6.07, 6.45) is 2.65. The van der Waals surface area contributed by atoms with Crippen LogP contribution in [0, 0.1) is 0 Å². The first-order chi connectivity index (χ1) is 9.65. The number of nitrogens with one attached hydrogen (secondary N) is 1. The van der Waals surface area contributed by atoms with Gasteiger partial charge in [0, 0.05) is 31.4 Å². The normalized spacial score (nSPS) is 18.4. The van der Waals surface area contributed by atoms with Crippen LogP contribution in [0.5, 0.6) is 0 Å². The van der Waals surface area contributed by atoms with Crippen LogP contribution in [-0.2, 0) is 4.79 Å². The summed E-state index contributed by atoms with van der Waals surface area (Å²) in [5.74, 6) is 0.0180. The number of benzene rings is 1. The molecule has 104 valence electrons. The van der Waals surface area contributed by atoms with E-state index in [0.29, 0.717) is 5.69 Å². The van der Waals surface area contributed by atoms with E-state index in [-0.39, 0.29) is 11.9 Å². The Morgan fingerprint density at radius 1 is 1.45 bits per heavy atom. The fraction of sp³-hybridized carbons (Fsp3) is 0.333. The lowest BCUT2D eigenvalue weighted by molar-refractivity contribution is -0.119. The standard InChI is InChI=1S/C15H18N4O/c1-10(20)18-11-6-7-19(9-11)15-12-4-2-3-5-14(12)17-8-13(15)16/h2-5,8,11H,6-7,9,16H2,1H3,(H,18,20). The second kappa shape index (κ2) is 5.00. The molecule has 2 heterocycles. The summed E-state index contributed by atoms with van der Waals surface area (Å²) in [5.41, 5.74) is 8.78. The third kappa shape index (κ3) is 2.27. The molecule has 5 heteroatoms. The Bertz CT molecular complexity index is 655. The first-order valence-corrected chi connectivity index (χ1v) is 6.80.